The Morgan fingerprint density at radius 2 is 1.72 bits per heavy atom. The highest BCUT2D eigenvalue weighted by molar-refractivity contribution is 5.65. The van der Waals surface area contributed by atoms with E-state index in [-0.39, 0.29) is 0 Å². The maximum atomic E-state index is 4.66. The Morgan fingerprint density at radius 3 is 2.28 bits per heavy atom. The number of benzene rings is 1. The lowest BCUT2D eigenvalue weighted by Crippen LogP contribution is -2.20. The van der Waals surface area contributed by atoms with Crippen molar-refractivity contribution in [1.29, 1.82) is 0 Å². The summed E-state index contributed by atoms with van der Waals surface area (Å²) >= 11 is 0. The van der Waals surface area contributed by atoms with Crippen LogP contribution in [0.5, 0.6) is 0 Å². The van der Waals surface area contributed by atoms with E-state index in [4.69, 9.17) is 0 Å². The van der Waals surface area contributed by atoms with Gasteiger partial charge in [0.1, 0.15) is 0 Å². The van der Waals surface area contributed by atoms with E-state index in [1.54, 1.807) is 6.20 Å². The minimum Gasteiger partial charge on any atom is -0.358 e. The number of nitrogens with one attached hydrogen (secondary N) is 1. The van der Waals surface area contributed by atoms with Gasteiger partial charge in [0.05, 0.1) is 6.20 Å². The topological polar surface area (TPSA) is 53.9 Å². The van der Waals surface area contributed by atoms with E-state index < -0.39 is 0 Å². The van der Waals surface area contributed by atoms with Crippen molar-refractivity contribution >= 4 is 17.5 Å². The number of rotatable bonds is 8. The zero-order valence-corrected chi connectivity index (χ0v) is 16.4. The standard InChI is InChI=1S/C20H31N5/c1-7-8-12-25(6)18-13-21-24-20(22-18)23-19-16(14(2)3)10-9-11-17(19)15(4)5/h9-11,13-15H,7-8,12H2,1-6H3,(H,22,23,24). The van der Waals surface area contributed by atoms with Gasteiger partial charge in [0.15, 0.2) is 5.82 Å². The highest BCUT2D eigenvalue weighted by atomic mass is 15.3. The van der Waals surface area contributed by atoms with Crippen molar-refractivity contribution in [1.82, 2.24) is 15.2 Å². The molecule has 0 aliphatic heterocycles. The molecule has 0 bridgehead atoms. The van der Waals surface area contributed by atoms with Crippen molar-refractivity contribution in [3.05, 3.63) is 35.5 Å². The van der Waals surface area contributed by atoms with Crippen molar-refractivity contribution in [2.45, 2.75) is 59.3 Å². The van der Waals surface area contributed by atoms with Crippen LogP contribution in [0.3, 0.4) is 0 Å². The molecule has 1 aromatic carbocycles. The van der Waals surface area contributed by atoms with Crippen LogP contribution >= 0.6 is 0 Å². The minimum atomic E-state index is 0.421. The number of hydrogen-bond acceptors (Lipinski definition) is 5. The van der Waals surface area contributed by atoms with Gasteiger partial charge < -0.3 is 10.2 Å². The molecule has 5 heteroatoms. The Bertz CT molecular complexity index is 655. The van der Waals surface area contributed by atoms with Crippen LogP contribution in [0.25, 0.3) is 0 Å². The fourth-order valence-electron chi connectivity index (χ4n) is 2.85. The fraction of sp³-hybridized carbons (Fsp3) is 0.550. The average Bonchev–Trinajstić information content (AvgIpc) is 2.59. The molecule has 0 radical (unpaired) electrons. The van der Waals surface area contributed by atoms with Crippen LogP contribution < -0.4 is 10.2 Å². The van der Waals surface area contributed by atoms with Crippen molar-refractivity contribution in [3.63, 3.8) is 0 Å². The van der Waals surface area contributed by atoms with Crippen LogP contribution in [0.4, 0.5) is 17.5 Å². The molecule has 0 saturated heterocycles. The van der Waals surface area contributed by atoms with Gasteiger partial charge in [-0.05, 0) is 29.4 Å². The highest BCUT2D eigenvalue weighted by Crippen LogP contribution is 2.33. The SMILES string of the molecule is CCCCN(C)c1cnnc(Nc2c(C(C)C)cccc2C(C)C)n1. The molecule has 1 aromatic heterocycles. The summed E-state index contributed by atoms with van der Waals surface area (Å²) in [7, 11) is 2.05. The summed E-state index contributed by atoms with van der Waals surface area (Å²) < 4.78 is 0. The third kappa shape index (κ3) is 4.91. The molecule has 0 saturated carbocycles. The third-order valence-corrected chi connectivity index (χ3v) is 4.39. The van der Waals surface area contributed by atoms with Gasteiger partial charge in [-0.3, -0.25) is 0 Å². The summed E-state index contributed by atoms with van der Waals surface area (Å²) in [5.41, 5.74) is 3.67. The number of para-hydroxylation sites is 1. The number of aromatic nitrogens is 3. The minimum absolute atomic E-state index is 0.421. The molecule has 2 rings (SSSR count). The van der Waals surface area contributed by atoms with E-state index in [9.17, 15) is 0 Å². The molecule has 136 valence electrons. The predicted molar refractivity (Wildman–Crippen MR) is 106 cm³/mol. The van der Waals surface area contributed by atoms with Crippen LogP contribution in [-0.4, -0.2) is 28.8 Å². The first kappa shape index (κ1) is 19.2. The lowest BCUT2D eigenvalue weighted by Gasteiger charge is -2.21. The Labute approximate surface area is 151 Å². The Balaban J connectivity index is 2.33. The molecule has 2 aromatic rings. The van der Waals surface area contributed by atoms with Gasteiger partial charge in [-0.15, -0.1) is 5.10 Å². The fourth-order valence-corrected chi connectivity index (χ4v) is 2.85. The van der Waals surface area contributed by atoms with Crippen molar-refractivity contribution < 1.29 is 0 Å². The second-order valence-electron chi connectivity index (χ2n) is 7.16. The lowest BCUT2D eigenvalue weighted by molar-refractivity contribution is 0.754. The first-order chi connectivity index (χ1) is 11.9. The van der Waals surface area contributed by atoms with Crippen molar-refractivity contribution in [3.8, 4) is 0 Å². The second kappa shape index (κ2) is 8.79. The average molecular weight is 342 g/mol. The summed E-state index contributed by atoms with van der Waals surface area (Å²) in [5.74, 6) is 2.24. The van der Waals surface area contributed by atoms with E-state index in [2.05, 4.69) is 78.2 Å². The molecule has 0 amide bonds. The molecule has 5 nitrogen and oxygen atoms in total. The van der Waals surface area contributed by atoms with Gasteiger partial charge in [-0.25, -0.2) is 0 Å². The van der Waals surface area contributed by atoms with E-state index in [0.717, 1.165) is 30.9 Å². The molecule has 0 aliphatic rings. The smallest absolute Gasteiger partial charge is 0.249 e. The van der Waals surface area contributed by atoms with Crippen LogP contribution in [0.2, 0.25) is 0 Å². The summed E-state index contributed by atoms with van der Waals surface area (Å²) in [6.45, 7) is 12.0. The van der Waals surface area contributed by atoms with Gasteiger partial charge in [0, 0.05) is 19.3 Å². The molecule has 0 atom stereocenters. The molecular formula is C20H31N5. The maximum absolute atomic E-state index is 4.66. The van der Waals surface area contributed by atoms with Gasteiger partial charge in [0.25, 0.3) is 0 Å². The number of anilines is 3. The highest BCUT2D eigenvalue weighted by Gasteiger charge is 2.15. The Kier molecular flexibility index (Phi) is 6.73. The molecule has 0 unspecified atom stereocenters. The van der Waals surface area contributed by atoms with E-state index >= 15 is 0 Å². The Hall–Kier alpha value is -2.17. The van der Waals surface area contributed by atoms with Crippen LogP contribution in [0.1, 0.15) is 70.4 Å². The summed E-state index contributed by atoms with van der Waals surface area (Å²) in [6, 6.07) is 6.47. The molecular weight excluding hydrogens is 310 g/mol. The zero-order chi connectivity index (χ0) is 18.4. The molecule has 0 spiro atoms. The number of unbranched alkanes of at least 4 members (excludes halogenated alkanes) is 1. The second-order valence-corrected chi connectivity index (χ2v) is 7.16. The predicted octanol–water partition coefficient (Wildman–Crippen LogP) is 5.10. The summed E-state index contributed by atoms with van der Waals surface area (Å²) in [5, 5.41) is 11.8. The zero-order valence-electron chi connectivity index (χ0n) is 16.4. The molecule has 1 heterocycles. The van der Waals surface area contributed by atoms with Gasteiger partial charge in [-0.1, -0.05) is 59.2 Å². The van der Waals surface area contributed by atoms with E-state index in [1.807, 2.05) is 7.05 Å². The first-order valence-electron chi connectivity index (χ1n) is 9.24. The molecule has 1 N–H and O–H groups in total. The van der Waals surface area contributed by atoms with Gasteiger partial charge in [0.2, 0.25) is 5.95 Å². The third-order valence-electron chi connectivity index (χ3n) is 4.39. The van der Waals surface area contributed by atoms with Crippen LogP contribution in [0.15, 0.2) is 24.4 Å². The quantitative estimate of drug-likeness (QED) is 0.724. The van der Waals surface area contributed by atoms with Crippen molar-refractivity contribution in [2.75, 3.05) is 23.8 Å². The molecule has 0 aliphatic carbocycles. The molecule has 25 heavy (non-hydrogen) atoms. The maximum Gasteiger partial charge on any atom is 0.249 e. The van der Waals surface area contributed by atoms with Crippen LogP contribution in [0, 0.1) is 0 Å². The largest absolute Gasteiger partial charge is 0.358 e. The normalized spacial score (nSPS) is 11.2. The van der Waals surface area contributed by atoms with Gasteiger partial charge in [-0.2, -0.15) is 10.1 Å². The summed E-state index contributed by atoms with van der Waals surface area (Å²) in [4.78, 5) is 6.79. The first-order valence-corrected chi connectivity index (χ1v) is 9.24. The monoisotopic (exact) mass is 341 g/mol. The number of nitrogens with zero attached hydrogens (tertiary/aromatic N) is 4. The van der Waals surface area contributed by atoms with E-state index in [1.165, 1.54) is 11.1 Å². The van der Waals surface area contributed by atoms with E-state index in [0.29, 0.717) is 17.8 Å². The lowest BCUT2D eigenvalue weighted by atomic mass is 9.93. The van der Waals surface area contributed by atoms with Gasteiger partial charge >= 0.3 is 0 Å². The Morgan fingerprint density at radius 1 is 1.08 bits per heavy atom. The summed E-state index contributed by atoms with van der Waals surface area (Å²) in [6.07, 6.45) is 4.02. The molecule has 0 fully saturated rings. The number of hydrogen-bond donors (Lipinski definition) is 1. The van der Waals surface area contributed by atoms with Crippen molar-refractivity contribution in [2.24, 2.45) is 0 Å². The van der Waals surface area contributed by atoms with Crippen LogP contribution in [-0.2, 0) is 0 Å².